The minimum Gasteiger partial charge on any atom is -0.398 e. The zero-order valence-electron chi connectivity index (χ0n) is 11.6. The molecule has 0 saturated heterocycles. The van der Waals surface area contributed by atoms with Gasteiger partial charge in [-0.25, -0.2) is 0 Å². The molecule has 0 bridgehead atoms. The Morgan fingerprint density at radius 1 is 0.600 bits per heavy atom. The number of rotatable bonds is 0. The molecule has 0 amide bonds. The second-order valence-electron chi connectivity index (χ2n) is 5.75. The van der Waals surface area contributed by atoms with E-state index in [1.54, 1.807) is 0 Å². The molecule has 0 unspecified atom stereocenters. The van der Waals surface area contributed by atoms with Crippen LogP contribution in [0.4, 0.5) is 11.4 Å². The molecule has 4 aromatic carbocycles. The third kappa shape index (κ3) is 1.33. The summed E-state index contributed by atoms with van der Waals surface area (Å²) >= 11 is 0. The lowest BCUT2D eigenvalue weighted by Crippen LogP contribution is -1.95. The van der Waals surface area contributed by atoms with Crippen molar-refractivity contribution in [1.29, 1.82) is 0 Å². The molecule has 20 heavy (non-hydrogen) atoms. The summed E-state index contributed by atoms with van der Waals surface area (Å²) < 4.78 is 0. The molecule has 0 aliphatic carbocycles. The van der Waals surface area contributed by atoms with E-state index < -0.39 is 0 Å². The topological polar surface area (TPSA) is 52.0 Å². The third-order valence-electron chi connectivity index (χ3n) is 4.12. The van der Waals surface area contributed by atoms with Crippen molar-refractivity contribution in [2.75, 3.05) is 11.5 Å². The summed E-state index contributed by atoms with van der Waals surface area (Å²) in [4.78, 5) is 0. The van der Waals surface area contributed by atoms with E-state index in [-0.39, 0.29) is 0 Å². The Morgan fingerprint density at radius 2 is 1.00 bits per heavy atom. The molecule has 98 valence electrons. The van der Waals surface area contributed by atoms with Crippen molar-refractivity contribution in [3.63, 3.8) is 0 Å². The highest BCUT2D eigenvalue weighted by atomic mass is 14.6. The molecular formula is C18H16N2. The van der Waals surface area contributed by atoms with Crippen LogP contribution in [0, 0.1) is 13.8 Å². The first kappa shape index (κ1) is 11.4. The number of nitrogens with two attached hydrogens (primary N) is 2. The van der Waals surface area contributed by atoms with Gasteiger partial charge in [0.2, 0.25) is 0 Å². The summed E-state index contributed by atoms with van der Waals surface area (Å²) in [7, 11) is 0. The lowest BCUT2D eigenvalue weighted by Gasteiger charge is -2.16. The minimum absolute atomic E-state index is 0.836. The van der Waals surface area contributed by atoms with Gasteiger partial charge in [-0.15, -0.1) is 0 Å². The summed E-state index contributed by atoms with van der Waals surface area (Å²) in [6.07, 6.45) is 0. The lowest BCUT2D eigenvalue weighted by atomic mass is 9.90. The summed E-state index contributed by atoms with van der Waals surface area (Å²) in [5.74, 6) is 0. The third-order valence-corrected chi connectivity index (χ3v) is 4.12. The number of nitrogen functional groups attached to an aromatic ring is 2. The summed E-state index contributed by atoms with van der Waals surface area (Å²) in [5.41, 5.74) is 16.6. The van der Waals surface area contributed by atoms with E-state index >= 15 is 0 Å². The fraction of sp³-hybridized carbons (Fsp3) is 0.111. The SMILES string of the molecule is Cc1cc2cc(N)c3cc(C)cc4cc(N)c(c1)c2c43. The monoisotopic (exact) mass is 260 g/mol. The predicted octanol–water partition coefficient (Wildman–Crippen LogP) is 4.37. The first-order valence-electron chi connectivity index (χ1n) is 6.79. The second-order valence-corrected chi connectivity index (χ2v) is 5.75. The average molecular weight is 260 g/mol. The van der Waals surface area contributed by atoms with Crippen molar-refractivity contribution in [1.82, 2.24) is 0 Å². The van der Waals surface area contributed by atoms with Gasteiger partial charge in [-0.1, -0.05) is 12.1 Å². The number of aryl methyl sites for hydroxylation is 2. The van der Waals surface area contributed by atoms with Gasteiger partial charge in [-0.2, -0.15) is 0 Å². The van der Waals surface area contributed by atoms with Crippen molar-refractivity contribution in [2.24, 2.45) is 0 Å². The van der Waals surface area contributed by atoms with Gasteiger partial charge in [0.1, 0.15) is 0 Å². The van der Waals surface area contributed by atoms with Crippen LogP contribution in [0.1, 0.15) is 11.1 Å². The molecule has 0 radical (unpaired) electrons. The Balaban J connectivity index is 2.45. The number of anilines is 2. The van der Waals surface area contributed by atoms with Crippen LogP contribution in [-0.2, 0) is 0 Å². The van der Waals surface area contributed by atoms with Gasteiger partial charge in [0.05, 0.1) is 0 Å². The van der Waals surface area contributed by atoms with E-state index in [0.29, 0.717) is 0 Å². The Bertz CT molecular complexity index is 902. The Labute approximate surface area is 117 Å². The molecule has 0 spiro atoms. The Kier molecular flexibility index (Phi) is 2.01. The first-order valence-corrected chi connectivity index (χ1v) is 6.79. The normalized spacial score (nSPS) is 11.9. The van der Waals surface area contributed by atoms with Crippen LogP contribution >= 0.6 is 0 Å². The maximum absolute atomic E-state index is 6.27. The molecule has 0 aliphatic heterocycles. The Morgan fingerprint density at radius 3 is 1.40 bits per heavy atom. The molecule has 4 N–H and O–H groups in total. The summed E-state index contributed by atoms with van der Waals surface area (Å²) in [6.45, 7) is 4.18. The van der Waals surface area contributed by atoms with Crippen molar-refractivity contribution in [3.8, 4) is 0 Å². The molecular weight excluding hydrogens is 244 g/mol. The number of hydrogen-bond donors (Lipinski definition) is 2. The maximum atomic E-state index is 6.27. The quantitative estimate of drug-likeness (QED) is 0.364. The van der Waals surface area contributed by atoms with Crippen LogP contribution in [0.2, 0.25) is 0 Å². The van der Waals surface area contributed by atoms with Crippen LogP contribution in [-0.4, -0.2) is 0 Å². The smallest absolute Gasteiger partial charge is 0.0400 e. The highest BCUT2D eigenvalue weighted by molar-refractivity contribution is 6.28. The van der Waals surface area contributed by atoms with Gasteiger partial charge < -0.3 is 11.5 Å². The van der Waals surface area contributed by atoms with Crippen molar-refractivity contribution in [2.45, 2.75) is 13.8 Å². The molecule has 4 aromatic rings. The van der Waals surface area contributed by atoms with Gasteiger partial charge >= 0.3 is 0 Å². The molecule has 2 heteroatoms. The van der Waals surface area contributed by atoms with E-state index in [1.165, 1.54) is 32.7 Å². The van der Waals surface area contributed by atoms with E-state index in [2.05, 4.69) is 50.2 Å². The van der Waals surface area contributed by atoms with E-state index in [1.807, 2.05) is 0 Å². The predicted molar refractivity (Wildman–Crippen MR) is 88.4 cm³/mol. The fourth-order valence-electron chi connectivity index (χ4n) is 3.36. The standard InChI is InChI=1S/C18H16N2/c1-9-3-11-7-16(20)14-6-10(2)4-12-8-15(19)13(5-9)17(11)18(12)14/h3-8H,19-20H2,1-2H3. The van der Waals surface area contributed by atoms with E-state index in [9.17, 15) is 0 Å². The summed E-state index contributed by atoms with van der Waals surface area (Å²) in [6, 6.07) is 12.8. The largest absolute Gasteiger partial charge is 0.398 e. The van der Waals surface area contributed by atoms with Gasteiger partial charge in [-0.3, -0.25) is 0 Å². The highest BCUT2D eigenvalue weighted by Gasteiger charge is 2.13. The molecule has 0 aliphatic rings. The first-order chi connectivity index (χ1) is 9.54. The van der Waals surface area contributed by atoms with Gasteiger partial charge in [0, 0.05) is 22.1 Å². The van der Waals surface area contributed by atoms with Crippen LogP contribution in [0.5, 0.6) is 0 Å². The minimum atomic E-state index is 0.836. The molecule has 0 saturated carbocycles. The molecule has 0 fully saturated rings. The fourth-order valence-corrected chi connectivity index (χ4v) is 3.36. The van der Waals surface area contributed by atoms with Gasteiger partial charge in [0.15, 0.2) is 0 Å². The number of benzene rings is 4. The van der Waals surface area contributed by atoms with E-state index in [0.717, 1.165) is 22.1 Å². The highest BCUT2D eigenvalue weighted by Crippen LogP contribution is 2.41. The van der Waals surface area contributed by atoms with Crippen molar-refractivity contribution >= 4 is 43.7 Å². The maximum Gasteiger partial charge on any atom is 0.0400 e. The molecule has 2 nitrogen and oxygen atoms in total. The van der Waals surface area contributed by atoms with Crippen LogP contribution in [0.3, 0.4) is 0 Å². The van der Waals surface area contributed by atoms with Crippen molar-refractivity contribution < 1.29 is 0 Å². The Hall–Kier alpha value is -2.48. The summed E-state index contributed by atoms with van der Waals surface area (Å²) in [5, 5.41) is 7.06. The zero-order chi connectivity index (χ0) is 14.0. The van der Waals surface area contributed by atoms with Crippen molar-refractivity contribution in [3.05, 3.63) is 47.5 Å². The molecule has 0 heterocycles. The lowest BCUT2D eigenvalue weighted by molar-refractivity contribution is 1.51. The molecule has 0 aromatic heterocycles. The zero-order valence-corrected chi connectivity index (χ0v) is 11.6. The van der Waals surface area contributed by atoms with Crippen LogP contribution in [0.25, 0.3) is 32.3 Å². The molecule has 4 rings (SSSR count). The second kappa shape index (κ2) is 3.54. The number of hydrogen-bond acceptors (Lipinski definition) is 2. The van der Waals surface area contributed by atoms with Gasteiger partial charge in [-0.05, 0) is 70.8 Å². The average Bonchev–Trinajstić information content (AvgIpc) is 2.37. The van der Waals surface area contributed by atoms with Crippen LogP contribution in [0.15, 0.2) is 36.4 Å². The van der Waals surface area contributed by atoms with E-state index in [4.69, 9.17) is 11.5 Å². The molecule has 0 atom stereocenters. The van der Waals surface area contributed by atoms with Gasteiger partial charge in [0.25, 0.3) is 0 Å². The van der Waals surface area contributed by atoms with Crippen LogP contribution < -0.4 is 11.5 Å².